The van der Waals surface area contributed by atoms with Crippen molar-refractivity contribution in [1.29, 1.82) is 0 Å². The number of aryl methyl sites for hydroxylation is 4. The highest BCUT2D eigenvalue weighted by atomic mass is 79.9. The zero-order valence-electron chi connectivity index (χ0n) is 73.4. The van der Waals surface area contributed by atoms with Crippen molar-refractivity contribution in [3.63, 3.8) is 0 Å². The smallest absolute Gasteiger partial charge is 0.399 e. The lowest BCUT2D eigenvalue weighted by Gasteiger charge is -2.32. The third-order valence-corrected chi connectivity index (χ3v) is 22.3. The molecule has 2 aliphatic rings. The van der Waals surface area contributed by atoms with E-state index in [-0.39, 0.29) is 39.8 Å². The first-order chi connectivity index (χ1) is 57.7. The van der Waals surface area contributed by atoms with Gasteiger partial charge in [0, 0.05) is 168 Å². The molecule has 2 fully saturated rings. The Morgan fingerprint density at radius 3 is 1.06 bits per heavy atom. The summed E-state index contributed by atoms with van der Waals surface area (Å²) >= 11 is 3.17. The Labute approximate surface area is 720 Å². The number of rotatable bonds is 15. The van der Waals surface area contributed by atoms with E-state index in [1.54, 1.807) is 35.0 Å². The van der Waals surface area contributed by atoms with Crippen LogP contribution >= 0.6 is 15.9 Å². The van der Waals surface area contributed by atoms with Crippen molar-refractivity contribution in [2.45, 2.75) is 126 Å². The molecule has 0 aliphatic carbocycles. The fourth-order valence-electron chi connectivity index (χ4n) is 13.9. The molecule has 0 atom stereocenters. The van der Waals surface area contributed by atoms with Gasteiger partial charge in [0.05, 0.1) is 68.3 Å². The Hall–Kier alpha value is -12.5. The molecule has 0 radical (unpaired) electrons. The predicted molar refractivity (Wildman–Crippen MR) is 492 cm³/mol. The van der Waals surface area contributed by atoms with Gasteiger partial charge in [0.25, 0.3) is 0 Å². The lowest BCUT2D eigenvalue weighted by atomic mass is 9.78. The van der Waals surface area contributed by atoms with Crippen LogP contribution < -0.4 is 30.5 Å². The van der Waals surface area contributed by atoms with Gasteiger partial charge in [0.1, 0.15) is 21.7 Å². The lowest BCUT2D eigenvalue weighted by Crippen LogP contribution is -2.41. The number of halogens is 1. The predicted octanol–water partition coefficient (Wildman–Crippen LogP) is 16.4. The highest BCUT2D eigenvalue weighted by Gasteiger charge is 2.53. The zero-order valence-corrected chi connectivity index (χ0v) is 75.0. The largest absolute Gasteiger partial charge is 0.494 e. The quantitative estimate of drug-likeness (QED) is 0.0524. The van der Waals surface area contributed by atoms with E-state index in [1.807, 2.05) is 232 Å². The third-order valence-electron chi connectivity index (χ3n) is 21.8. The number of anilines is 4. The molecule has 0 spiro atoms. The molecule has 0 N–H and O–H groups in total. The van der Waals surface area contributed by atoms with Crippen molar-refractivity contribution < 1.29 is 33.0 Å². The second kappa shape index (κ2) is 35.3. The summed E-state index contributed by atoms with van der Waals surface area (Å²) in [6, 6.07) is 56.5. The van der Waals surface area contributed by atoms with Gasteiger partial charge in [-0.2, -0.15) is 20.4 Å². The van der Waals surface area contributed by atoms with E-state index >= 15 is 0 Å². The summed E-state index contributed by atoms with van der Waals surface area (Å²) < 4.78 is 33.1. The number of fused-ring (bicyclic) bond motifs is 4. The van der Waals surface area contributed by atoms with Gasteiger partial charge in [0.15, 0.2) is 40.6 Å². The number of pyridine rings is 7. The SMILES string of the molecule is CC(=O)c1cccc(-c2cc(N(C)C)c3cn(-c4cccc(C)n4)nc3c2)n1.CC(=O)c1cccc(-c2cc(N(C)C)c3cnn(-c4cccc(C)n4)c3c2)n1.CC(=O)c1cccc(Br)n1.Cc1cccc(-n2cc3c(N(C)C)cc(B4OC(C)(C)C(C)(C)O4)cc3n2)n1.Cc1cccc(-n2ncc3c(N(C)C)cc(B4OC(C)(C)C(C)(C)O4)cc32)n1. The molecule has 2 aliphatic heterocycles. The van der Waals surface area contributed by atoms with E-state index in [4.69, 9.17) is 28.8 Å². The molecule has 11 aromatic heterocycles. The van der Waals surface area contributed by atoms with Crippen molar-refractivity contribution in [2.24, 2.45) is 0 Å². The number of benzene rings is 4. The number of hydrogen-bond acceptors (Lipinski definition) is 22. The van der Waals surface area contributed by atoms with Gasteiger partial charge >= 0.3 is 14.2 Å². The van der Waals surface area contributed by atoms with Gasteiger partial charge < -0.3 is 38.2 Å². The molecule has 0 saturated carbocycles. The molecule has 15 aromatic rings. The number of ketones is 3. The van der Waals surface area contributed by atoms with Gasteiger partial charge in [-0.05, 0) is 243 Å². The molecule has 17 rings (SSSR count). The molecule has 122 heavy (non-hydrogen) atoms. The van der Waals surface area contributed by atoms with E-state index in [2.05, 4.69) is 172 Å². The van der Waals surface area contributed by atoms with Crippen molar-refractivity contribution in [3.05, 3.63) is 245 Å². The number of carbonyl (C=O) groups is 3. The Kier molecular flexibility index (Phi) is 25.2. The highest BCUT2D eigenvalue weighted by Crippen LogP contribution is 2.41. The summed E-state index contributed by atoms with van der Waals surface area (Å²) in [5, 5.41) is 22.9. The third kappa shape index (κ3) is 19.0. The molecule has 2 saturated heterocycles. The first-order valence-electron chi connectivity index (χ1n) is 40.1. The first-order valence-corrected chi connectivity index (χ1v) is 40.9. The van der Waals surface area contributed by atoms with E-state index in [1.165, 1.54) is 20.8 Å². The van der Waals surface area contributed by atoms with Crippen LogP contribution in [0.25, 0.3) is 89.4 Å². The molecule has 29 heteroatoms. The van der Waals surface area contributed by atoms with Crippen LogP contribution in [0.2, 0.25) is 0 Å². The van der Waals surface area contributed by atoms with Crippen molar-refractivity contribution in [1.82, 2.24) is 74.0 Å². The van der Waals surface area contributed by atoms with Crippen LogP contribution in [-0.4, -0.2) is 184 Å². The van der Waals surface area contributed by atoms with Gasteiger partial charge in [-0.15, -0.1) is 0 Å². The molecule has 26 nitrogen and oxygen atoms in total. The average Bonchev–Trinajstić information content (AvgIpc) is 1.60. The number of Topliss-reactive ketones (excluding diaryl/α,β-unsaturated/α-hetero) is 3. The van der Waals surface area contributed by atoms with Crippen molar-refractivity contribution in [3.8, 4) is 45.8 Å². The monoisotopic (exact) mass is 1700 g/mol. The van der Waals surface area contributed by atoms with Crippen molar-refractivity contribution >= 4 is 125 Å². The minimum Gasteiger partial charge on any atom is -0.399 e. The van der Waals surface area contributed by atoms with Crippen LogP contribution in [0.1, 0.15) is 130 Å². The Morgan fingerprint density at radius 2 is 0.680 bits per heavy atom. The van der Waals surface area contributed by atoms with Crippen molar-refractivity contribution in [2.75, 3.05) is 76.0 Å². The summed E-state index contributed by atoms with van der Waals surface area (Å²) in [5.41, 5.74) is 16.8. The molecular weight excluding hydrogens is 1600 g/mol. The second-order valence-electron chi connectivity index (χ2n) is 33.2. The van der Waals surface area contributed by atoms with Gasteiger partial charge in [0.2, 0.25) is 0 Å². The van der Waals surface area contributed by atoms with Crippen LogP contribution in [0.3, 0.4) is 0 Å². The molecule has 624 valence electrons. The maximum Gasteiger partial charge on any atom is 0.494 e. The highest BCUT2D eigenvalue weighted by molar-refractivity contribution is 9.10. The molecular formula is C93H102B2BrN19O7. The van der Waals surface area contributed by atoms with Crippen LogP contribution in [0, 0.1) is 27.7 Å². The van der Waals surface area contributed by atoms with Gasteiger partial charge in [-0.25, -0.2) is 53.6 Å². The minimum absolute atomic E-state index is 0.0127. The van der Waals surface area contributed by atoms with E-state index < -0.39 is 14.2 Å². The summed E-state index contributed by atoms with van der Waals surface area (Å²) in [5.74, 6) is 3.03. The summed E-state index contributed by atoms with van der Waals surface area (Å²) in [6.45, 7) is 29.0. The van der Waals surface area contributed by atoms with Crippen LogP contribution in [0.5, 0.6) is 0 Å². The lowest BCUT2D eigenvalue weighted by molar-refractivity contribution is 0.00578. The maximum absolute atomic E-state index is 11.8. The topological polar surface area (TPSA) is 263 Å². The van der Waals surface area contributed by atoms with E-state index in [0.717, 1.165) is 146 Å². The molecule has 0 bridgehead atoms. The number of nitrogens with zero attached hydrogens (tertiary/aromatic N) is 19. The van der Waals surface area contributed by atoms with Crippen LogP contribution in [-0.2, 0) is 18.6 Å². The Balaban J connectivity index is 0.000000135. The standard InChI is InChI=1S/2C22H21N5O.2C21H27BN4O2.C7H6BrNO/c1-14-7-5-10-22(23-14)27-13-17-20(25-27)11-16(12-21(17)26(3)4)19-9-6-8-18(24-19)15(2)28;1-14-7-5-10-22(24-14)27-21-12-16(11-20(26(3)4)17(21)13-23-27)19-9-6-8-18(25-19)15(2)28;1-14-9-8-10-19(23-14)26-13-16-17(24-26)11-15(12-18(16)25(6)7)22-27-20(2,3)21(4,5)28-22;1-14-9-8-10-19(24-14)26-18-12-15(11-17(25(6)7)16(18)13-23-26)22-27-20(2,3)21(4,5)28-22;1-5(10)6-3-2-4-7(8)9-6/h2*5-13H,1-4H3;2*8-13H,1-7H3;2-4H,1H3. The molecule has 4 aromatic carbocycles. The maximum atomic E-state index is 11.8. The normalized spacial score (nSPS) is 14.1. The second-order valence-corrected chi connectivity index (χ2v) is 34.0. The summed E-state index contributed by atoms with van der Waals surface area (Å²) in [4.78, 5) is 73.8. The summed E-state index contributed by atoms with van der Waals surface area (Å²) in [6.07, 6.45) is 7.77. The van der Waals surface area contributed by atoms with Crippen LogP contribution in [0.4, 0.5) is 22.7 Å². The Bertz CT molecular complexity index is 6380. The fraction of sp³-hybridized carbons (Fsp3) is 0.290. The molecule has 0 amide bonds. The van der Waals surface area contributed by atoms with E-state index in [9.17, 15) is 14.4 Å². The number of hydrogen-bond donors (Lipinski definition) is 0. The van der Waals surface area contributed by atoms with Gasteiger partial charge in [-0.3, -0.25) is 14.4 Å². The number of aromatic nitrogens is 15. The number of carbonyl (C=O) groups excluding carboxylic acids is 3. The molecule has 13 heterocycles. The summed E-state index contributed by atoms with van der Waals surface area (Å²) in [7, 11) is 15.3. The van der Waals surface area contributed by atoms with E-state index in [0.29, 0.717) is 21.7 Å². The fourth-order valence-corrected chi connectivity index (χ4v) is 14.2. The first kappa shape index (κ1) is 87.3. The molecule has 0 unspecified atom stereocenters. The van der Waals surface area contributed by atoms with Gasteiger partial charge in [-0.1, -0.05) is 42.5 Å². The average molecular weight is 1700 g/mol. The minimum atomic E-state index is -0.429. The zero-order chi connectivity index (χ0) is 87.8. The Morgan fingerprint density at radius 1 is 0.361 bits per heavy atom. The van der Waals surface area contributed by atoms with Crippen LogP contribution in [0.15, 0.2) is 205 Å².